The Morgan fingerprint density at radius 2 is 1.87 bits per heavy atom. The van der Waals surface area contributed by atoms with Crippen LogP contribution in [0, 0.1) is 0 Å². The van der Waals surface area contributed by atoms with Crippen molar-refractivity contribution in [3.05, 3.63) is 65.0 Å². The van der Waals surface area contributed by atoms with Crippen molar-refractivity contribution in [3.8, 4) is 5.75 Å². The van der Waals surface area contributed by atoms with Gasteiger partial charge in [-0.15, -0.1) is 0 Å². The highest BCUT2D eigenvalue weighted by atomic mass is 16.5. The lowest BCUT2D eigenvalue weighted by molar-refractivity contribution is -0.141. The van der Waals surface area contributed by atoms with E-state index in [1.54, 1.807) is 23.4 Å². The monoisotopic (exact) mass is 404 g/mol. The number of aliphatic hydroxyl groups excluding tert-OH is 1. The lowest BCUT2D eigenvalue weighted by Gasteiger charge is -2.30. The summed E-state index contributed by atoms with van der Waals surface area (Å²) in [6, 6.07) is 8.47. The summed E-state index contributed by atoms with van der Waals surface area (Å²) in [7, 11) is 0. The fraction of sp³-hybridized carbons (Fsp3) is 0.375. The molecule has 1 amide bonds. The average Bonchev–Trinajstić information content (AvgIpc) is 3.46. The van der Waals surface area contributed by atoms with Crippen molar-refractivity contribution in [2.75, 3.05) is 0 Å². The van der Waals surface area contributed by atoms with E-state index in [2.05, 4.69) is 4.98 Å². The van der Waals surface area contributed by atoms with Gasteiger partial charge in [0.15, 0.2) is 0 Å². The van der Waals surface area contributed by atoms with Gasteiger partial charge in [0, 0.05) is 30.4 Å². The number of nitrogens with zero attached hydrogens (tertiary/aromatic N) is 2. The number of carbonyl (C=O) groups excluding carboxylic acids is 2. The molecule has 2 unspecified atom stereocenters. The van der Waals surface area contributed by atoms with Gasteiger partial charge in [0.1, 0.15) is 17.6 Å². The predicted octanol–water partition coefficient (Wildman–Crippen LogP) is 3.77. The van der Waals surface area contributed by atoms with Crippen molar-refractivity contribution < 1.29 is 19.4 Å². The molecule has 1 aromatic carbocycles. The third-order valence-electron chi connectivity index (χ3n) is 6.39. The van der Waals surface area contributed by atoms with Crippen LogP contribution < -0.4 is 4.74 Å². The standard InChI is InChI=1S/C24H24N2O4/c1-14-12-17-13-16(6-7-19(17)30-14)22(27)20-21(15-8-10-25-11-9-15)26(24(29)23(20)28)18-4-2-3-5-18/h6-11,13-14,18,21,27H,2-5,12H2,1H3/b22-20-. The smallest absolute Gasteiger partial charge is 0.295 e. The van der Waals surface area contributed by atoms with E-state index in [4.69, 9.17) is 4.74 Å². The second-order valence-electron chi connectivity index (χ2n) is 8.38. The number of ketones is 1. The van der Waals surface area contributed by atoms with Crippen molar-refractivity contribution in [1.82, 2.24) is 9.88 Å². The molecule has 3 heterocycles. The molecule has 5 rings (SSSR count). The summed E-state index contributed by atoms with van der Waals surface area (Å²) in [6.45, 7) is 2.00. The largest absolute Gasteiger partial charge is 0.507 e. The molecule has 1 aromatic heterocycles. The van der Waals surface area contributed by atoms with E-state index in [0.29, 0.717) is 5.56 Å². The number of likely N-dealkylation sites (tertiary alicyclic amines) is 1. The van der Waals surface area contributed by atoms with E-state index in [0.717, 1.165) is 49.0 Å². The zero-order valence-electron chi connectivity index (χ0n) is 16.9. The number of fused-ring (bicyclic) bond motifs is 1. The quantitative estimate of drug-likeness (QED) is 0.479. The van der Waals surface area contributed by atoms with Crippen LogP contribution in [0.3, 0.4) is 0 Å². The fourth-order valence-corrected chi connectivity index (χ4v) is 5.01. The maximum atomic E-state index is 13.1. The van der Waals surface area contributed by atoms with Gasteiger partial charge in [0.05, 0.1) is 11.6 Å². The molecule has 1 aliphatic carbocycles. The summed E-state index contributed by atoms with van der Waals surface area (Å²) in [5.74, 6) is -0.469. The van der Waals surface area contributed by atoms with Crippen LogP contribution in [0.25, 0.3) is 5.76 Å². The topological polar surface area (TPSA) is 79.7 Å². The number of pyridine rings is 1. The Hall–Kier alpha value is -3.15. The first-order valence-corrected chi connectivity index (χ1v) is 10.5. The Morgan fingerprint density at radius 3 is 2.60 bits per heavy atom. The minimum atomic E-state index is -0.619. The van der Waals surface area contributed by atoms with Crippen molar-refractivity contribution in [2.45, 2.75) is 57.2 Å². The summed E-state index contributed by atoms with van der Waals surface area (Å²) >= 11 is 0. The Bertz CT molecular complexity index is 1040. The van der Waals surface area contributed by atoms with Crippen molar-refractivity contribution in [2.24, 2.45) is 0 Å². The number of hydrogen-bond acceptors (Lipinski definition) is 5. The molecule has 0 spiro atoms. The summed E-state index contributed by atoms with van der Waals surface area (Å²) in [5.41, 5.74) is 2.48. The molecule has 2 fully saturated rings. The van der Waals surface area contributed by atoms with E-state index in [-0.39, 0.29) is 23.5 Å². The first kappa shape index (κ1) is 18.9. The first-order valence-electron chi connectivity index (χ1n) is 10.5. The van der Waals surface area contributed by atoms with Crippen LogP contribution in [-0.4, -0.2) is 38.8 Å². The van der Waals surface area contributed by atoms with Gasteiger partial charge in [-0.1, -0.05) is 12.8 Å². The number of amides is 1. The summed E-state index contributed by atoms with van der Waals surface area (Å²) in [4.78, 5) is 31.9. The molecule has 2 atom stereocenters. The Balaban J connectivity index is 1.64. The average molecular weight is 404 g/mol. The molecule has 3 aliphatic rings. The third kappa shape index (κ3) is 2.98. The van der Waals surface area contributed by atoms with Gasteiger partial charge >= 0.3 is 0 Å². The lowest BCUT2D eigenvalue weighted by atomic mass is 9.94. The van der Waals surface area contributed by atoms with Crippen molar-refractivity contribution >= 4 is 17.4 Å². The zero-order valence-corrected chi connectivity index (χ0v) is 16.9. The fourth-order valence-electron chi connectivity index (χ4n) is 5.01. The number of rotatable bonds is 3. The highest BCUT2D eigenvalue weighted by Crippen LogP contribution is 2.43. The van der Waals surface area contributed by atoms with Gasteiger partial charge in [0.2, 0.25) is 0 Å². The molecule has 30 heavy (non-hydrogen) atoms. The van der Waals surface area contributed by atoms with Crippen LogP contribution in [0.2, 0.25) is 0 Å². The highest BCUT2D eigenvalue weighted by molar-refractivity contribution is 6.46. The van der Waals surface area contributed by atoms with Crippen LogP contribution in [0.15, 0.2) is 48.3 Å². The summed E-state index contributed by atoms with van der Waals surface area (Å²) in [5, 5.41) is 11.2. The number of carbonyl (C=O) groups is 2. The second kappa shape index (κ2) is 7.27. The molecule has 2 aliphatic heterocycles. The maximum Gasteiger partial charge on any atom is 0.295 e. The molecular formula is C24H24N2O4. The van der Waals surface area contributed by atoms with Gasteiger partial charge in [-0.25, -0.2) is 0 Å². The van der Waals surface area contributed by atoms with Gasteiger partial charge < -0.3 is 14.7 Å². The van der Waals surface area contributed by atoms with Crippen molar-refractivity contribution in [3.63, 3.8) is 0 Å². The number of benzene rings is 1. The van der Waals surface area contributed by atoms with E-state index < -0.39 is 17.7 Å². The number of Topliss-reactive ketones (excluding diaryl/α,β-unsaturated/α-hetero) is 1. The molecule has 154 valence electrons. The molecule has 6 nitrogen and oxygen atoms in total. The molecule has 6 heteroatoms. The van der Waals surface area contributed by atoms with Crippen LogP contribution in [0.4, 0.5) is 0 Å². The minimum Gasteiger partial charge on any atom is -0.507 e. The minimum absolute atomic E-state index is 0.0131. The van der Waals surface area contributed by atoms with Crippen LogP contribution in [-0.2, 0) is 16.0 Å². The Kier molecular flexibility index (Phi) is 4.57. The molecule has 1 saturated carbocycles. The Labute approximate surface area is 175 Å². The van der Waals surface area contributed by atoms with Gasteiger partial charge in [-0.2, -0.15) is 0 Å². The molecule has 0 bridgehead atoms. The third-order valence-corrected chi connectivity index (χ3v) is 6.39. The SMILES string of the molecule is CC1Cc2cc(/C(O)=C3/C(=O)C(=O)N(C4CCCC4)C3c3ccncc3)ccc2O1. The normalized spacial score (nSPS) is 25.6. The number of ether oxygens (including phenoxy) is 1. The zero-order chi connectivity index (χ0) is 20.8. The van der Waals surface area contributed by atoms with E-state index in [1.165, 1.54) is 0 Å². The van der Waals surface area contributed by atoms with Crippen LogP contribution in [0.1, 0.15) is 55.3 Å². The predicted molar refractivity (Wildman–Crippen MR) is 111 cm³/mol. The molecule has 1 N–H and O–H groups in total. The number of aromatic nitrogens is 1. The first-order chi connectivity index (χ1) is 14.5. The number of hydrogen-bond donors (Lipinski definition) is 1. The lowest BCUT2D eigenvalue weighted by Crippen LogP contribution is -2.37. The van der Waals surface area contributed by atoms with Crippen LogP contribution >= 0.6 is 0 Å². The summed E-state index contributed by atoms with van der Waals surface area (Å²) < 4.78 is 5.75. The van der Waals surface area contributed by atoms with Gasteiger partial charge in [0.25, 0.3) is 11.7 Å². The molecule has 0 radical (unpaired) electrons. The maximum absolute atomic E-state index is 13.1. The summed E-state index contributed by atoms with van der Waals surface area (Å²) in [6.07, 6.45) is 7.98. The molecule has 1 saturated heterocycles. The molecule has 2 aromatic rings. The van der Waals surface area contributed by atoms with E-state index >= 15 is 0 Å². The molecular weight excluding hydrogens is 380 g/mol. The number of aliphatic hydroxyl groups is 1. The second-order valence-corrected chi connectivity index (χ2v) is 8.38. The van der Waals surface area contributed by atoms with Crippen molar-refractivity contribution in [1.29, 1.82) is 0 Å². The van der Waals surface area contributed by atoms with Crippen LogP contribution in [0.5, 0.6) is 5.75 Å². The highest BCUT2D eigenvalue weighted by Gasteiger charge is 2.49. The van der Waals surface area contributed by atoms with Gasteiger partial charge in [-0.05, 0) is 61.2 Å². The van der Waals surface area contributed by atoms with E-state index in [9.17, 15) is 14.7 Å². The van der Waals surface area contributed by atoms with Gasteiger partial charge in [-0.3, -0.25) is 14.6 Å². The Morgan fingerprint density at radius 1 is 1.13 bits per heavy atom. The van der Waals surface area contributed by atoms with E-state index in [1.807, 2.05) is 31.2 Å².